The van der Waals surface area contributed by atoms with Gasteiger partial charge in [-0.25, -0.2) is 9.97 Å². The van der Waals surface area contributed by atoms with Crippen LogP contribution in [-0.4, -0.2) is 45.6 Å². The molecule has 0 amide bonds. The quantitative estimate of drug-likeness (QED) is 0.736. The van der Waals surface area contributed by atoms with Crippen LogP contribution in [0.5, 0.6) is 0 Å². The highest BCUT2D eigenvalue weighted by Crippen LogP contribution is 2.19. The lowest BCUT2D eigenvalue weighted by Gasteiger charge is -2.36. The molecule has 0 bridgehead atoms. The molecular formula is C20H23N5. The van der Waals surface area contributed by atoms with Gasteiger partial charge in [0, 0.05) is 57.0 Å². The van der Waals surface area contributed by atoms with Crippen molar-refractivity contribution in [2.24, 2.45) is 0 Å². The summed E-state index contributed by atoms with van der Waals surface area (Å²) in [7, 11) is 0. The number of imidazole rings is 1. The Labute approximate surface area is 148 Å². The lowest BCUT2D eigenvalue weighted by atomic mass is 10.1. The molecule has 1 fully saturated rings. The number of hydrogen-bond donors (Lipinski definition) is 0. The van der Waals surface area contributed by atoms with Crippen LogP contribution in [0.15, 0.2) is 61.3 Å². The number of piperazine rings is 1. The Morgan fingerprint density at radius 2 is 1.76 bits per heavy atom. The van der Waals surface area contributed by atoms with Crippen LogP contribution < -0.4 is 4.90 Å². The molecule has 1 aromatic carbocycles. The average molecular weight is 333 g/mol. The number of nitrogens with zero attached hydrogens (tertiary/aromatic N) is 5. The van der Waals surface area contributed by atoms with Gasteiger partial charge in [-0.3, -0.25) is 4.90 Å². The highest BCUT2D eigenvalue weighted by Gasteiger charge is 2.19. The van der Waals surface area contributed by atoms with Crippen LogP contribution in [0.3, 0.4) is 0 Å². The monoisotopic (exact) mass is 333 g/mol. The summed E-state index contributed by atoms with van der Waals surface area (Å²) in [6.45, 7) is 7.34. The van der Waals surface area contributed by atoms with Gasteiger partial charge >= 0.3 is 0 Å². The molecule has 5 nitrogen and oxygen atoms in total. The zero-order valence-corrected chi connectivity index (χ0v) is 14.5. The number of rotatable bonds is 4. The van der Waals surface area contributed by atoms with Crippen LogP contribution in [0.25, 0.3) is 5.69 Å². The van der Waals surface area contributed by atoms with E-state index < -0.39 is 0 Å². The molecular weight excluding hydrogens is 310 g/mol. The minimum Gasteiger partial charge on any atom is -0.354 e. The van der Waals surface area contributed by atoms with E-state index in [1.54, 1.807) is 6.20 Å². The Balaban J connectivity index is 1.35. The molecule has 128 valence electrons. The Bertz CT molecular complexity index is 802. The fraction of sp³-hybridized carbons (Fsp3) is 0.300. The minimum absolute atomic E-state index is 0.999. The summed E-state index contributed by atoms with van der Waals surface area (Å²) in [5.41, 5.74) is 3.76. The molecule has 0 spiro atoms. The summed E-state index contributed by atoms with van der Waals surface area (Å²) in [5, 5.41) is 0. The fourth-order valence-corrected chi connectivity index (χ4v) is 3.37. The van der Waals surface area contributed by atoms with Crippen molar-refractivity contribution in [1.82, 2.24) is 19.4 Å². The van der Waals surface area contributed by atoms with Gasteiger partial charge in [0.15, 0.2) is 0 Å². The van der Waals surface area contributed by atoms with Crippen LogP contribution in [0.4, 0.5) is 5.82 Å². The normalized spacial score (nSPS) is 15.5. The smallest absolute Gasteiger partial charge is 0.131 e. The first-order valence-corrected chi connectivity index (χ1v) is 8.76. The van der Waals surface area contributed by atoms with Crippen LogP contribution in [-0.2, 0) is 6.54 Å². The van der Waals surface area contributed by atoms with Gasteiger partial charge in [0.25, 0.3) is 0 Å². The zero-order valence-electron chi connectivity index (χ0n) is 14.5. The molecule has 0 aliphatic carbocycles. The Kier molecular flexibility index (Phi) is 4.48. The van der Waals surface area contributed by atoms with Crippen molar-refractivity contribution in [1.29, 1.82) is 0 Å². The first kappa shape index (κ1) is 15.8. The molecule has 25 heavy (non-hydrogen) atoms. The molecule has 0 saturated carbocycles. The summed E-state index contributed by atoms with van der Waals surface area (Å²) < 4.78 is 2.03. The summed E-state index contributed by atoms with van der Waals surface area (Å²) in [4.78, 5) is 13.6. The maximum Gasteiger partial charge on any atom is 0.131 e. The maximum absolute atomic E-state index is 4.55. The molecule has 1 aliphatic rings. The number of hydrogen-bond acceptors (Lipinski definition) is 4. The van der Waals surface area contributed by atoms with E-state index in [1.807, 2.05) is 29.4 Å². The Hall–Kier alpha value is -2.66. The van der Waals surface area contributed by atoms with Crippen molar-refractivity contribution >= 4 is 5.82 Å². The van der Waals surface area contributed by atoms with Crippen molar-refractivity contribution < 1.29 is 0 Å². The van der Waals surface area contributed by atoms with Crippen molar-refractivity contribution in [3.63, 3.8) is 0 Å². The summed E-state index contributed by atoms with van der Waals surface area (Å²) in [6.07, 6.45) is 7.48. The van der Waals surface area contributed by atoms with E-state index in [4.69, 9.17) is 0 Å². The molecule has 3 aromatic rings. The van der Waals surface area contributed by atoms with E-state index in [0.29, 0.717) is 0 Å². The molecule has 1 saturated heterocycles. The Morgan fingerprint density at radius 1 is 0.960 bits per heavy atom. The maximum atomic E-state index is 4.55. The SMILES string of the molecule is Cc1cccnc1N1CCN(Cc2ccc(-n3ccnc3)cc2)CC1. The highest BCUT2D eigenvalue weighted by molar-refractivity contribution is 5.46. The van der Waals surface area contributed by atoms with E-state index >= 15 is 0 Å². The van der Waals surface area contributed by atoms with E-state index in [-0.39, 0.29) is 0 Å². The van der Waals surface area contributed by atoms with Gasteiger partial charge in [-0.05, 0) is 36.2 Å². The summed E-state index contributed by atoms with van der Waals surface area (Å²) in [6, 6.07) is 12.9. The van der Waals surface area contributed by atoms with Crippen LogP contribution in [0.2, 0.25) is 0 Å². The molecule has 0 unspecified atom stereocenters. The number of pyridine rings is 1. The van der Waals surface area contributed by atoms with Gasteiger partial charge in [0.05, 0.1) is 6.33 Å². The van der Waals surface area contributed by atoms with Crippen molar-refractivity contribution in [2.45, 2.75) is 13.5 Å². The van der Waals surface area contributed by atoms with E-state index in [2.05, 4.69) is 57.0 Å². The van der Waals surface area contributed by atoms with Crippen LogP contribution in [0, 0.1) is 6.92 Å². The molecule has 5 heteroatoms. The molecule has 2 aromatic heterocycles. The van der Waals surface area contributed by atoms with Crippen LogP contribution >= 0.6 is 0 Å². The average Bonchev–Trinajstić information content (AvgIpc) is 3.18. The van der Waals surface area contributed by atoms with Gasteiger partial charge in [-0.15, -0.1) is 0 Å². The number of aryl methyl sites for hydroxylation is 1. The number of aromatic nitrogens is 3. The van der Waals surface area contributed by atoms with Crippen molar-refractivity contribution in [2.75, 3.05) is 31.1 Å². The standard InChI is InChI=1S/C20H23N5/c1-17-3-2-8-22-20(17)24-13-11-23(12-14-24)15-18-4-6-19(7-5-18)25-10-9-21-16-25/h2-10,16H,11-15H2,1H3. The first-order valence-electron chi connectivity index (χ1n) is 8.76. The van der Waals surface area contributed by atoms with Crippen molar-refractivity contribution in [3.05, 3.63) is 72.4 Å². The third-order valence-electron chi connectivity index (χ3n) is 4.80. The van der Waals surface area contributed by atoms with Gasteiger partial charge in [0.2, 0.25) is 0 Å². The molecule has 4 rings (SSSR count). The lowest BCUT2D eigenvalue weighted by molar-refractivity contribution is 0.249. The largest absolute Gasteiger partial charge is 0.354 e. The molecule has 1 aliphatic heterocycles. The number of anilines is 1. The van der Waals surface area contributed by atoms with Gasteiger partial charge in [-0.2, -0.15) is 0 Å². The van der Waals surface area contributed by atoms with E-state index in [1.165, 1.54) is 11.1 Å². The molecule has 0 radical (unpaired) electrons. The predicted octanol–water partition coefficient (Wildman–Crippen LogP) is 2.90. The zero-order chi connectivity index (χ0) is 17.1. The summed E-state index contributed by atoms with van der Waals surface area (Å²) >= 11 is 0. The van der Waals surface area contributed by atoms with Gasteiger partial charge in [0.1, 0.15) is 5.82 Å². The molecule has 3 heterocycles. The molecule has 0 atom stereocenters. The second-order valence-corrected chi connectivity index (χ2v) is 6.54. The molecule has 0 N–H and O–H groups in total. The van der Waals surface area contributed by atoms with Gasteiger partial charge < -0.3 is 9.47 Å². The summed E-state index contributed by atoms with van der Waals surface area (Å²) in [5.74, 6) is 1.13. The second kappa shape index (κ2) is 7.07. The third kappa shape index (κ3) is 3.56. The van der Waals surface area contributed by atoms with Crippen molar-refractivity contribution in [3.8, 4) is 5.69 Å². The first-order chi connectivity index (χ1) is 12.3. The fourth-order valence-electron chi connectivity index (χ4n) is 3.37. The third-order valence-corrected chi connectivity index (χ3v) is 4.80. The van der Waals surface area contributed by atoms with E-state index in [0.717, 1.165) is 44.2 Å². The minimum atomic E-state index is 0.999. The Morgan fingerprint density at radius 3 is 2.44 bits per heavy atom. The topological polar surface area (TPSA) is 37.2 Å². The lowest BCUT2D eigenvalue weighted by Crippen LogP contribution is -2.46. The van der Waals surface area contributed by atoms with Crippen LogP contribution in [0.1, 0.15) is 11.1 Å². The number of benzene rings is 1. The predicted molar refractivity (Wildman–Crippen MR) is 100 cm³/mol. The second-order valence-electron chi connectivity index (χ2n) is 6.54. The van der Waals surface area contributed by atoms with E-state index in [9.17, 15) is 0 Å². The van der Waals surface area contributed by atoms with Gasteiger partial charge in [-0.1, -0.05) is 18.2 Å². The highest BCUT2D eigenvalue weighted by atomic mass is 15.3.